The number of nitrogens with one attached hydrogen (secondary N) is 1. The van der Waals surface area contributed by atoms with Crippen molar-refractivity contribution >= 4 is 0 Å². The summed E-state index contributed by atoms with van der Waals surface area (Å²) in [6, 6.07) is 2.24. The molecular weight excluding hydrogens is 232 g/mol. The summed E-state index contributed by atoms with van der Waals surface area (Å²) in [5.41, 5.74) is 1.42. The minimum absolute atomic E-state index is 0.975. The second-order valence-corrected chi connectivity index (χ2v) is 6.35. The number of hydrogen-bond acceptors (Lipinski definition) is 1. The van der Waals surface area contributed by atoms with E-state index in [1.165, 1.54) is 50.6 Å². The lowest BCUT2D eigenvalue weighted by Gasteiger charge is -2.26. The van der Waals surface area contributed by atoms with Crippen LogP contribution in [0.4, 0.5) is 0 Å². The van der Waals surface area contributed by atoms with Gasteiger partial charge in [0.1, 0.15) is 0 Å². The van der Waals surface area contributed by atoms with Crippen LogP contribution in [0, 0.1) is 11.8 Å². The number of rotatable bonds is 7. The Morgan fingerprint density at radius 1 is 1.26 bits per heavy atom. The second-order valence-electron chi connectivity index (χ2n) is 6.35. The Morgan fingerprint density at radius 3 is 2.79 bits per heavy atom. The molecule has 0 bridgehead atoms. The largest absolute Gasteiger partial charge is 0.354 e. The van der Waals surface area contributed by atoms with Gasteiger partial charge in [-0.2, -0.15) is 0 Å². The normalized spacial score (nSPS) is 23.7. The number of aryl methyl sites for hydroxylation is 1. The Labute approximate surface area is 118 Å². The molecule has 2 nitrogen and oxygen atoms in total. The molecule has 1 aliphatic rings. The first-order chi connectivity index (χ1) is 9.28. The molecule has 1 saturated carbocycles. The van der Waals surface area contributed by atoms with E-state index in [-0.39, 0.29) is 0 Å². The molecule has 0 atom stereocenters. The highest BCUT2D eigenvalue weighted by Crippen LogP contribution is 2.29. The molecule has 2 heteroatoms. The van der Waals surface area contributed by atoms with Crippen LogP contribution in [0.25, 0.3) is 0 Å². The average molecular weight is 262 g/mol. The lowest BCUT2D eigenvalue weighted by Crippen LogP contribution is -2.20. The highest BCUT2D eigenvalue weighted by Gasteiger charge is 2.17. The van der Waals surface area contributed by atoms with Gasteiger partial charge in [0.15, 0.2) is 0 Å². The van der Waals surface area contributed by atoms with Crippen molar-refractivity contribution < 1.29 is 0 Å². The Hall–Kier alpha value is -0.760. The van der Waals surface area contributed by atoms with Gasteiger partial charge in [-0.15, -0.1) is 0 Å². The fraction of sp³-hybridized carbons (Fsp3) is 0.765. The molecule has 1 aliphatic carbocycles. The third kappa shape index (κ3) is 5.02. The molecule has 1 fully saturated rings. The molecule has 0 aliphatic heterocycles. The summed E-state index contributed by atoms with van der Waals surface area (Å²) < 4.78 is 2.29. The van der Waals surface area contributed by atoms with Gasteiger partial charge >= 0.3 is 0 Å². The van der Waals surface area contributed by atoms with Crippen LogP contribution < -0.4 is 5.32 Å². The van der Waals surface area contributed by atoms with Crippen molar-refractivity contribution in [3.8, 4) is 0 Å². The average Bonchev–Trinajstić information content (AvgIpc) is 2.85. The molecule has 0 spiro atoms. The predicted molar refractivity (Wildman–Crippen MR) is 82.2 cm³/mol. The highest BCUT2D eigenvalue weighted by atomic mass is 14.9. The maximum absolute atomic E-state index is 3.60. The van der Waals surface area contributed by atoms with Crippen LogP contribution in [-0.2, 0) is 13.1 Å². The van der Waals surface area contributed by atoms with Crippen LogP contribution in [0.3, 0.4) is 0 Å². The summed E-state index contributed by atoms with van der Waals surface area (Å²) in [6.07, 6.45) is 12.9. The first kappa shape index (κ1) is 14.6. The third-order valence-electron chi connectivity index (χ3n) is 4.49. The van der Waals surface area contributed by atoms with Crippen LogP contribution in [0.1, 0.15) is 57.9 Å². The summed E-state index contributed by atoms with van der Waals surface area (Å²) >= 11 is 0. The molecular formula is C17H30N2. The van der Waals surface area contributed by atoms with E-state index in [4.69, 9.17) is 0 Å². The van der Waals surface area contributed by atoms with Crippen molar-refractivity contribution in [3.63, 3.8) is 0 Å². The van der Waals surface area contributed by atoms with Gasteiger partial charge in [0.25, 0.3) is 0 Å². The van der Waals surface area contributed by atoms with E-state index >= 15 is 0 Å². The summed E-state index contributed by atoms with van der Waals surface area (Å²) in [5, 5.41) is 3.60. The number of nitrogens with zero attached hydrogens (tertiary/aromatic N) is 1. The first-order valence-corrected chi connectivity index (χ1v) is 8.13. The van der Waals surface area contributed by atoms with Gasteiger partial charge in [0.05, 0.1) is 0 Å². The Balaban J connectivity index is 1.58. The number of hydrogen-bond donors (Lipinski definition) is 1. The van der Waals surface area contributed by atoms with Crippen molar-refractivity contribution in [1.29, 1.82) is 0 Å². The fourth-order valence-corrected chi connectivity index (χ4v) is 3.15. The smallest absolute Gasteiger partial charge is 0.0220 e. The van der Waals surface area contributed by atoms with Crippen LogP contribution in [0.15, 0.2) is 18.5 Å². The van der Waals surface area contributed by atoms with Crippen molar-refractivity contribution in [2.24, 2.45) is 11.8 Å². The van der Waals surface area contributed by atoms with Crippen LogP contribution in [-0.4, -0.2) is 11.1 Å². The molecule has 108 valence electrons. The topological polar surface area (TPSA) is 17.0 Å². The van der Waals surface area contributed by atoms with Crippen LogP contribution in [0.5, 0.6) is 0 Å². The highest BCUT2D eigenvalue weighted by molar-refractivity contribution is 5.09. The number of aromatic nitrogens is 1. The maximum atomic E-state index is 3.60. The van der Waals surface area contributed by atoms with Crippen LogP contribution >= 0.6 is 0 Å². The molecule has 1 N–H and O–H groups in total. The van der Waals surface area contributed by atoms with Gasteiger partial charge in [-0.25, -0.2) is 0 Å². The molecule has 0 radical (unpaired) electrons. The minimum atomic E-state index is 0.975. The van der Waals surface area contributed by atoms with E-state index in [9.17, 15) is 0 Å². The summed E-state index contributed by atoms with van der Waals surface area (Å²) in [6.45, 7) is 7.97. The summed E-state index contributed by atoms with van der Waals surface area (Å²) in [4.78, 5) is 0. The van der Waals surface area contributed by atoms with Crippen molar-refractivity contribution in [2.75, 3.05) is 6.54 Å². The van der Waals surface area contributed by atoms with Gasteiger partial charge < -0.3 is 9.88 Å². The van der Waals surface area contributed by atoms with E-state index in [1.807, 2.05) is 0 Å². The van der Waals surface area contributed by atoms with Crippen molar-refractivity contribution in [3.05, 3.63) is 24.0 Å². The monoisotopic (exact) mass is 262 g/mol. The predicted octanol–water partition coefficient (Wildman–Crippen LogP) is 4.20. The molecule has 0 amide bonds. The zero-order chi connectivity index (χ0) is 13.5. The van der Waals surface area contributed by atoms with Gasteiger partial charge in [-0.05, 0) is 42.9 Å². The van der Waals surface area contributed by atoms with E-state index in [1.54, 1.807) is 0 Å². The van der Waals surface area contributed by atoms with E-state index in [2.05, 4.69) is 42.2 Å². The molecule has 2 rings (SSSR count). The minimum Gasteiger partial charge on any atom is -0.354 e. The summed E-state index contributed by atoms with van der Waals surface area (Å²) in [7, 11) is 0. The standard InChI is InChI=1S/C17H30N2/c1-3-11-19-12-9-17(14-19)13-18-10-8-16-6-4-15(2)5-7-16/h9,12,14-16,18H,3-8,10-11,13H2,1-2H3. The molecule has 1 heterocycles. The summed E-state index contributed by atoms with van der Waals surface area (Å²) in [5.74, 6) is 1.95. The molecule has 0 unspecified atom stereocenters. The maximum Gasteiger partial charge on any atom is 0.0220 e. The molecule has 1 aromatic rings. The van der Waals surface area contributed by atoms with Crippen molar-refractivity contribution in [1.82, 2.24) is 9.88 Å². The molecule has 19 heavy (non-hydrogen) atoms. The quantitative estimate of drug-likeness (QED) is 0.729. The van der Waals surface area contributed by atoms with Gasteiger partial charge in [-0.3, -0.25) is 0 Å². The zero-order valence-electron chi connectivity index (χ0n) is 12.7. The van der Waals surface area contributed by atoms with Gasteiger partial charge in [-0.1, -0.05) is 39.5 Å². The van der Waals surface area contributed by atoms with E-state index < -0.39 is 0 Å². The van der Waals surface area contributed by atoms with E-state index in [0.29, 0.717) is 0 Å². The SMILES string of the molecule is CCCn1ccc(CNCCC2CCC(C)CC2)c1. The second kappa shape index (κ2) is 7.74. The van der Waals surface area contributed by atoms with Gasteiger partial charge in [0, 0.05) is 25.5 Å². The molecule has 0 aromatic carbocycles. The zero-order valence-corrected chi connectivity index (χ0v) is 12.7. The third-order valence-corrected chi connectivity index (χ3v) is 4.49. The fourth-order valence-electron chi connectivity index (χ4n) is 3.15. The van der Waals surface area contributed by atoms with Crippen molar-refractivity contribution in [2.45, 2.75) is 65.5 Å². The van der Waals surface area contributed by atoms with E-state index in [0.717, 1.165) is 24.9 Å². The Bertz CT molecular complexity index is 348. The van der Waals surface area contributed by atoms with Gasteiger partial charge in [0.2, 0.25) is 0 Å². The molecule has 0 saturated heterocycles. The first-order valence-electron chi connectivity index (χ1n) is 8.13. The Kier molecular flexibility index (Phi) is 5.96. The molecule has 1 aromatic heterocycles. The Morgan fingerprint density at radius 2 is 2.05 bits per heavy atom. The lowest BCUT2D eigenvalue weighted by atomic mass is 9.81. The lowest BCUT2D eigenvalue weighted by molar-refractivity contribution is 0.275. The van der Waals surface area contributed by atoms with Crippen LogP contribution in [0.2, 0.25) is 0 Å².